The van der Waals surface area contributed by atoms with Crippen molar-refractivity contribution in [3.8, 4) is 22.8 Å². The summed E-state index contributed by atoms with van der Waals surface area (Å²) >= 11 is 0. The lowest BCUT2D eigenvalue weighted by molar-refractivity contribution is 0.432. The molecule has 5 rings (SSSR count). The van der Waals surface area contributed by atoms with E-state index in [-0.39, 0.29) is 5.82 Å². The Labute approximate surface area is 178 Å². The van der Waals surface area contributed by atoms with Crippen LogP contribution in [0.3, 0.4) is 0 Å². The van der Waals surface area contributed by atoms with Gasteiger partial charge in [0.25, 0.3) is 5.89 Å². The maximum atomic E-state index is 13.2. The molecule has 3 heterocycles. The summed E-state index contributed by atoms with van der Waals surface area (Å²) in [5.74, 6) is 0.401. The van der Waals surface area contributed by atoms with Gasteiger partial charge in [-0.05, 0) is 61.7 Å². The number of rotatable bonds is 4. The lowest BCUT2D eigenvalue weighted by atomic mass is 9.99. The molecule has 6 nitrogen and oxygen atoms in total. The zero-order valence-corrected chi connectivity index (χ0v) is 17.4. The van der Waals surface area contributed by atoms with Gasteiger partial charge in [-0.3, -0.25) is 0 Å². The van der Waals surface area contributed by atoms with Crippen molar-refractivity contribution in [3.63, 3.8) is 0 Å². The Hall–Kier alpha value is -3.87. The molecule has 3 aromatic heterocycles. The first-order valence-corrected chi connectivity index (χ1v) is 9.99. The Morgan fingerprint density at radius 2 is 1.74 bits per heavy atom. The first-order chi connectivity index (χ1) is 15.0. The Morgan fingerprint density at radius 3 is 2.52 bits per heavy atom. The van der Waals surface area contributed by atoms with Crippen LogP contribution in [0, 0.1) is 26.6 Å². The third-order valence-corrected chi connectivity index (χ3v) is 5.60. The van der Waals surface area contributed by atoms with Gasteiger partial charge < -0.3 is 4.52 Å². The molecule has 0 atom stereocenters. The summed E-state index contributed by atoms with van der Waals surface area (Å²) in [7, 11) is 0. The van der Waals surface area contributed by atoms with Gasteiger partial charge in [-0.1, -0.05) is 29.4 Å². The summed E-state index contributed by atoms with van der Waals surface area (Å²) in [6, 6.07) is 14.3. The highest BCUT2D eigenvalue weighted by Crippen LogP contribution is 2.28. The molecule has 154 valence electrons. The normalized spacial score (nSPS) is 11.4. The van der Waals surface area contributed by atoms with Gasteiger partial charge >= 0.3 is 0 Å². The molecule has 0 saturated heterocycles. The van der Waals surface area contributed by atoms with Crippen molar-refractivity contribution < 1.29 is 8.91 Å². The Morgan fingerprint density at radius 1 is 0.968 bits per heavy atom. The quantitative estimate of drug-likeness (QED) is 0.410. The van der Waals surface area contributed by atoms with Gasteiger partial charge in [-0.2, -0.15) is 10.1 Å². The number of aromatic nitrogens is 5. The molecule has 5 aromatic rings. The molecule has 0 spiro atoms. The molecule has 0 fully saturated rings. The largest absolute Gasteiger partial charge is 0.333 e. The van der Waals surface area contributed by atoms with E-state index in [1.807, 2.05) is 24.4 Å². The van der Waals surface area contributed by atoms with Crippen molar-refractivity contribution in [2.75, 3.05) is 0 Å². The molecule has 0 aliphatic heterocycles. The minimum atomic E-state index is -0.313. The number of hydrogen-bond acceptors (Lipinski definition) is 5. The molecule has 0 saturated carbocycles. The average molecular weight is 413 g/mol. The van der Waals surface area contributed by atoms with Crippen LogP contribution in [0.15, 0.2) is 59.3 Å². The topological polar surface area (TPSA) is 69.1 Å². The minimum Gasteiger partial charge on any atom is -0.333 e. The fraction of sp³-hybridized carbons (Fsp3) is 0.167. The molecular formula is C24H20FN5O. The molecule has 7 heteroatoms. The van der Waals surface area contributed by atoms with E-state index < -0.39 is 0 Å². The molecule has 0 aliphatic carbocycles. The third-order valence-electron chi connectivity index (χ3n) is 5.60. The third kappa shape index (κ3) is 3.38. The van der Waals surface area contributed by atoms with E-state index in [9.17, 15) is 4.39 Å². The second kappa shape index (κ2) is 7.43. The van der Waals surface area contributed by atoms with E-state index >= 15 is 0 Å². The maximum absolute atomic E-state index is 13.2. The van der Waals surface area contributed by atoms with Gasteiger partial charge in [0.05, 0.1) is 6.20 Å². The van der Waals surface area contributed by atoms with E-state index in [4.69, 9.17) is 9.51 Å². The van der Waals surface area contributed by atoms with Crippen molar-refractivity contribution >= 4 is 5.65 Å². The number of nitrogens with zero attached hydrogens (tertiary/aromatic N) is 5. The predicted octanol–water partition coefficient (Wildman–Crippen LogP) is 5.10. The maximum Gasteiger partial charge on any atom is 0.263 e. The van der Waals surface area contributed by atoms with Crippen LogP contribution in [-0.2, 0) is 6.42 Å². The van der Waals surface area contributed by atoms with Gasteiger partial charge in [0.15, 0.2) is 5.65 Å². The summed E-state index contributed by atoms with van der Waals surface area (Å²) in [5, 5.41) is 8.56. The van der Waals surface area contributed by atoms with E-state index in [1.54, 1.807) is 18.3 Å². The fourth-order valence-corrected chi connectivity index (χ4v) is 3.77. The van der Waals surface area contributed by atoms with Crippen LogP contribution < -0.4 is 0 Å². The SMILES string of the molecule is Cc1ccccc1Cc1c(C)nc2c(-c3nc(-c4ccc(F)cc4)no3)cnn2c1C. The molecule has 0 unspecified atom stereocenters. The van der Waals surface area contributed by atoms with Crippen LogP contribution in [0.5, 0.6) is 0 Å². The molecule has 0 radical (unpaired) electrons. The number of benzene rings is 2. The highest BCUT2D eigenvalue weighted by atomic mass is 19.1. The number of aryl methyl sites for hydroxylation is 3. The summed E-state index contributed by atoms with van der Waals surface area (Å²) in [6.45, 7) is 6.17. The minimum absolute atomic E-state index is 0.313. The second-order valence-corrected chi connectivity index (χ2v) is 7.59. The van der Waals surface area contributed by atoms with Crippen molar-refractivity contribution in [2.24, 2.45) is 0 Å². The van der Waals surface area contributed by atoms with Crippen LogP contribution in [0.4, 0.5) is 4.39 Å². The Kier molecular flexibility index (Phi) is 4.58. The van der Waals surface area contributed by atoms with Gasteiger partial charge in [0.1, 0.15) is 11.4 Å². The standard InChI is InChI=1S/C24H20FN5O/c1-14-6-4-5-7-18(14)12-20-15(2)27-23-21(13-26-30(23)16(20)3)24-28-22(29-31-24)17-8-10-19(25)11-9-17/h4-11,13H,12H2,1-3H3. The summed E-state index contributed by atoms with van der Waals surface area (Å²) in [6.07, 6.45) is 2.48. The monoisotopic (exact) mass is 413 g/mol. The van der Waals surface area contributed by atoms with Crippen molar-refractivity contribution in [1.29, 1.82) is 0 Å². The summed E-state index contributed by atoms with van der Waals surface area (Å²) in [5.41, 5.74) is 7.63. The van der Waals surface area contributed by atoms with Gasteiger partial charge in [0.2, 0.25) is 5.82 Å². The average Bonchev–Trinajstić information content (AvgIpc) is 3.40. The molecule has 0 aliphatic rings. The highest BCUT2D eigenvalue weighted by molar-refractivity contribution is 5.73. The van der Waals surface area contributed by atoms with Crippen LogP contribution in [0.1, 0.15) is 28.1 Å². The van der Waals surface area contributed by atoms with Gasteiger partial charge in [-0.15, -0.1) is 0 Å². The molecule has 0 N–H and O–H groups in total. The lowest BCUT2D eigenvalue weighted by Crippen LogP contribution is -2.07. The van der Waals surface area contributed by atoms with Crippen LogP contribution in [0.25, 0.3) is 28.5 Å². The Balaban J connectivity index is 1.55. The van der Waals surface area contributed by atoms with E-state index in [2.05, 4.69) is 40.4 Å². The van der Waals surface area contributed by atoms with Crippen molar-refractivity contribution in [3.05, 3.63) is 88.6 Å². The second-order valence-electron chi connectivity index (χ2n) is 7.59. The van der Waals surface area contributed by atoms with E-state index in [0.717, 1.165) is 23.4 Å². The van der Waals surface area contributed by atoms with Crippen LogP contribution in [0.2, 0.25) is 0 Å². The van der Waals surface area contributed by atoms with Crippen molar-refractivity contribution in [2.45, 2.75) is 27.2 Å². The number of fused-ring (bicyclic) bond motifs is 1. The predicted molar refractivity (Wildman–Crippen MR) is 115 cm³/mol. The van der Waals surface area contributed by atoms with Crippen LogP contribution >= 0.6 is 0 Å². The van der Waals surface area contributed by atoms with Gasteiger partial charge in [-0.25, -0.2) is 13.9 Å². The molecule has 31 heavy (non-hydrogen) atoms. The molecule has 0 bridgehead atoms. The molecule has 2 aromatic carbocycles. The van der Waals surface area contributed by atoms with E-state index in [1.165, 1.54) is 23.3 Å². The zero-order valence-electron chi connectivity index (χ0n) is 17.4. The first-order valence-electron chi connectivity index (χ1n) is 9.99. The molecule has 0 amide bonds. The summed E-state index contributed by atoms with van der Waals surface area (Å²) < 4.78 is 20.5. The van der Waals surface area contributed by atoms with Gasteiger partial charge in [0, 0.05) is 23.4 Å². The van der Waals surface area contributed by atoms with Crippen molar-refractivity contribution in [1.82, 2.24) is 24.7 Å². The summed E-state index contributed by atoms with van der Waals surface area (Å²) in [4.78, 5) is 9.29. The number of hydrogen-bond donors (Lipinski definition) is 0. The zero-order chi connectivity index (χ0) is 21.5. The molecular weight excluding hydrogens is 393 g/mol. The highest BCUT2D eigenvalue weighted by Gasteiger charge is 2.20. The van der Waals surface area contributed by atoms with E-state index in [0.29, 0.717) is 28.5 Å². The smallest absolute Gasteiger partial charge is 0.263 e. The van der Waals surface area contributed by atoms with Crippen LogP contribution in [-0.4, -0.2) is 24.7 Å². The fourth-order valence-electron chi connectivity index (χ4n) is 3.77. The Bertz CT molecular complexity index is 1400. The first kappa shape index (κ1) is 19.1. The number of halogens is 1. The lowest BCUT2D eigenvalue weighted by Gasteiger charge is -2.13.